The fraction of sp³-hybridized carbons (Fsp3) is 0.542. The van der Waals surface area contributed by atoms with Crippen LogP contribution in [0.25, 0.3) is 0 Å². The second-order valence-electron chi connectivity index (χ2n) is 8.48. The summed E-state index contributed by atoms with van der Waals surface area (Å²) in [6, 6.07) is 7.90. The zero-order chi connectivity index (χ0) is 22.3. The predicted molar refractivity (Wildman–Crippen MR) is 140 cm³/mol. The Balaban J connectivity index is 0.00000306. The summed E-state index contributed by atoms with van der Waals surface area (Å²) in [7, 11) is 1.92. The highest BCUT2D eigenvalue weighted by atomic mass is 127. The lowest BCUT2D eigenvalue weighted by atomic mass is 10.1. The number of nitrogens with zero attached hydrogens (tertiary/aromatic N) is 5. The second kappa shape index (κ2) is 12.4. The number of morpholine rings is 1. The third-order valence-electron chi connectivity index (χ3n) is 6.03. The Labute approximate surface area is 213 Å². The molecule has 2 saturated heterocycles. The number of aromatic nitrogens is 2. The van der Waals surface area contributed by atoms with Gasteiger partial charge in [-0.2, -0.15) is 5.10 Å². The van der Waals surface area contributed by atoms with Crippen LogP contribution in [-0.2, 0) is 18.3 Å². The van der Waals surface area contributed by atoms with Gasteiger partial charge in [0.15, 0.2) is 5.96 Å². The van der Waals surface area contributed by atoms with Gasteiger partial charge in [0, 0.05) is 50.6 Å². The van der Waals surface area contributed by atoms with E-state index >= 15 is 0 Å². The average Bonchev–Trinajstić information content (AvgIpc) is 3.28. The van der Waals surface area contributed by atoms with Gasteiger partial charge in [0.1, 0.15) is 6.10 Å². The number of aliphatic imine (C=N–C) groups is 1. The van der Waals surface area contributed by atoms with Gasteiger partial charge in [0.05, 0.1) is 25.9 Å². The van der Waals surface area contributed by atoms with Gasteiger partial charge in [0.25, 0.3) is 5.91 Å². The minimum Gasteiger partial charge on any atom is -0.370 e. The number of nitrogens with one attached hydrogen (secondary N) is 1. The number of guanidine groups is 1. The van der Waals surface area contributed by atoms with Crippen molar-refractivity contribution in [1.82, 2.24) is 24.9 Å². The number of hydrogen-bond acceptors (Lipinski definition) is 4. The Bertz CT molecular complexity index is 941. The number of benzene rings is 1. The molecule has 0 aliphatic carbocycles. The van der Waals surface area contributed by atoms with Crippen molar-refractivity contribution in [3.63, 3.8) is 0 Å². The van der Waals surface area contributed by atoms with Crippen LogP contribution < -0.4 is 5.32 Å². The third kappa shape index (κ3) is 6.69. The van der Waals surface area contributed by atoms with E-state index in [-0.39, 0.29) is 36.0 Å². The number of amides is 1. The molecule has 1 aromatic heterocycles. The highest BCUT2D eigenvalue weighted by Gasteiger charge is 2.25. The minimum atomic E-state index is -0.0215. The molecule has 2 aliphatic heterocycles. The predicted octanol–water partition coefficient (Wildman–Crippen LogP) is 3.20. The molecule has 1 aromatic carbocycles. The Morgan fingerprint density at radius 3 is 2.76 bits per heavy atom. The number of hydrogen-bond donors (Lipinski definition) is 1. The number of carbonyl (C=O) groups is 1. The molecule has 3 heterocycles. The van der Waals surface area contributed by atoms with E-state index in [0.29, 0.717) is 13.2 Å². The number of carbonyl (C=O) groups excluding carboxylic acids is 1. The lowest BCUT2D eigenvalue weighted by molar-refractivity contribution is -0.00805. The summed E-state index contributed by atoms with van der Waals surface area (Å²) in [6.07, 6.45) is 7.26. The number of piperidine rings is 1. The van der Waals surface area contributed by atoms with Gasteiger partial charge in [-0.1, -0.05) is 12.1 Å². The highest BCUT2D eigenvalue weighted by molar-refractivity contribution is 14.0. The third-order valence-corrected chi connectivity index (χ3v) is 6.03. The summed E-state index contributed by atoms with van der Waals surface area (Å²) >= 11 is 0. The molecule has 0 bridgehead atoms. The molecule has 9 heteroatoms. The highest BCUT2D eigenvalue weighted by Crippen LogP contribution is 2.22. The Morgan fingerprint density at radius 2 is 2.03 bits per heavy atom. The van der Waals surface area contributed by atoms with Gasteiger partial charge in [-0.15, -0.1) is 24.0 Å². The molecule has 1 unspecified atom stereocenters. The van der Waals surface area contributed by atoms with Gasteiger partial charge >= 0.3 is 0 Å². The van der Waals surface area contributed by atoms with Crippen molar-refractivity contribution in [2.45, 2.75) is 38.8 Å². The van der Waals surface area contributed by atoms with E-state index in [1.54, 1.807) is 4.68 Å². The molecule has 4 rings (SSSR count). The molecule has 8 nitrogen and oxygen atoms in total. The molecule has 1 atom stereocenters. The lowest BCUT2D eigenvalue weighted by Gasteiger charge is -2.34. The van der Waals surface area contributed by atoms with E-state index in [0.717, 1.165) is 68.2 Å². The zero-order valence-electron chi connectivity index (χ0n) is 19.6. The molecule has 1 N–H and O–H groups in total. The molecule has 180 valence electrons. The van der Waals surface area contributed by atoms with Crippen LogP contribution in [0.4, 0.5) is 0 Å². The normalized spacial score (nSPS) is 19.2. The maximum absolute atomic E-state index is 12.9. The van der Waals surface area contributed by atoms with Crippen LogP contribution in [0.5, 0.6) is 0 Å². The smallest absolute Gasteiger partial charge is 0.253 e. The molecule has 2 fully saturated rings. The number of ether oxygens (including phenoxy) is 1. The fourth-order valence-corrected chi connectivity index (χ4v) is 4.32. The van der Waals surface area contributed by atoms with Crippen molar-refractivity contribution in [3.8, 4) is 0 Å². The number of likely N-dealkylation sites (tertiary alicyclic amines) is 1. The average molecular weight is 566 g/mol. The summed E-state index contributed by atoms with van der Waals surface area (Å²) in [6.45, 7) is 7.28. The summed E-state index contributed by atoms with van der Waals surface area (Å²) in [5.41, 5.74) is 2.88. The molecule has 0 saturated carbocycles. The van der Waals surface area contributed by atoms with Gasteiger partial charge in [-0.05, 0) is 43.9 Å². The molecule has 2 aliphatic rings. The molecular weight excluding hydrogens is 531 g/mol. The molecule has 2 aromatic rings. The van der Waals surface area contributed by atoms with Crippen LogP contribution in [0.1, 0.15) is 53.8 Å². The van der Waals surface area contributed by atoms with Crippen molar-refractivity contribution in [3.05, 3.63) is 53.3 Å². The molecular formula is C24H35IN6O2. The van der Waals surface area contributed by atoms with Gasteiger partial charge in [-0.25, -0.2) is 4.99 Å². The van der Waals surface area contributed by atoms with Crippen LogP contribution in [0.15, 0.2) is 41.7 Å². The van der Waals surface area contributed by atoms with Crippen molar-refractivity contribution < 1.29 is 9.53 Å². The first kappa shape index (κ1) is 25.5. The largest absolute Gasteiger partial charge is 0.370 e. The molecule has 33 heavy (non-hydrogen) atoms. The Morgan fingerprint density at radius 1 is 1.21 bits per heavy atom. The van der Waals surface area contributed by atoms with Crippen LogP contribution in [0.2, 0.25) is 0 Å². The molecule has 0 spiro atoms. The van der Waals surface area contributed by atoms with Crippen molar-refractivity contribution >= 4 is 35.8 Å². The Kier molecular flexibility index (Phi) is 9.54. The van der Waals surface area contributed by atoms with Crippen molar-refractivity contribution in [2.24, 2.45) is 12.0 Å². The van der Waals surface area contributed by atoms with E-state index in [1.165, 1.54) is 6.42 Å². The topological polar surface area (TPSA) is 75.0 Å². The second-order valence-corrected chi connectivity index (χ2v) is 8.48. The fourth-order valence-electron chi connectivity index (χ4n) is 4.32. The lowest BCUT2D eigenvalue weighted by Crippen LogP contribution is -2.48. The van der Waals surface area contributed by atoms with Gasteiger partial charge < -0.3 is 19.9 Å². The molecule has 0 radical (unpaired) electrons. The maximum Gasteiger partial charge on any atom is 0.253 e. The van der Waals surface area contributed by atoms with E-state index in [4.69, 9.17) is 9.73 Å². The number of rotatable bonds is 5. The first-order chi connectivity index (χ1) is 15.6. The van der Waals surface area contributed by atoms with E-state index in [2.05, 4.69) is 22.2 Å². The zero-order valence-corrected chi connectivity index (χ0v) is 21.9. The van der Waals surface area contributed by atoms with E-state index in [1.807, 2.05) is 48.6 Å². The summed E-state index contributed by atoms with van der Waals surface area (Å²) < 4.78 is 7.78. The first-order valence-corrected chi connectivity index (χ1v) is 11.7. The number of halogens is 1. The minimum absolute atomic E-state index is 0. The monoisotopic (exact) mass is 566 g/mol. The van der Waals surface area contributed by atoms with Crippen molar-refractivity contribution in [1.29, 1.82) is 0 Å². The van der Waals surface area contributed by atoms with E-state index in [9.17, 15) is 4.79 Å². The summed E-state index contributed by atoms with van der Waals surface area (Å²) in [5, 5.41) is 7.68. The molecule has 1 amide bonds. The van der Waals surface area contributed by atoms with Crippen LogP contribution in [-0.4, -0.2) is 70.8 Å². The summed E-state index contributed by atoms with van der Waals surface area (Å²) in [5.74, 6) is 1.01. The van der Waals surface area contributed by atoms with Crippen LogP contribution in [0.3, 0.4) is 0 Å². The van der Waals surface area contributed by atoms with Crippen LogP contribution >= 0.6 is 24.0 Å². The summed E-state index contributed by atoms with van der Waals surface area (Å²) in [4.78, 5) is 22.0. The SMILES string of the molecule is CCNC(=NCc1cccc(C(=O)N2CCCCC2)c1)N1CCOC(c2cnn(C)c2)C1.I. The first-order valence-electron chi connectivity index (χ1n) is 11.7. The number of aryl methyl sites for hydroxylation is 1. The quantitative estimate of drug-likeness (QED) is 0.342. The van der Waals surface area contributed by atoms with Gasteiger partial charge in [0.2, 0.25) is 0 Å². The standard InChI is InChI=1S/C24H34N6O2.HI/c1-3-25-24(30-12-13-32-22(18-30)21-16-27-28(2)17-21)26-15-19-8-7-9-20(14-19)23(31)29-10-5-4-6-11-29;/h7-9,14,16-17,22H,3-6,10-13,15,18H2,1-2H3,(H,25,26);1H. The Hall–Kier alpha value is -2.14. The van der Waals surface area contributed by atoms with Crippen molar-refractivity contribution in [2.75, 3.05) is 39.3 Å². The van der Waals surface area contributed by atoms with Crippen LogP contribution in [0, 0.1) is 0 Å². The van der Waals surface area contributed by atoms with E-state index < -0.39 is 0 Å². The van der Waals surface area contributed by atoms with Gasteiger partial charge in [-0.3, -0.25) is 9.48 Å². The maximum atomic E-state index is 12.9.